The second kappa shape index (κ2) is 10.5. The molecule has 2 heterocycles. The number of halogens is 2. The average molecular weight is 581 g/mol. The number of nitrogens with zero attached hydrogens (tertiary/aromatic N) is 3. The van der Waals surface area contributed by atoms with Gasteiger partial charge in [-0.2, -0.15) is 0 Å². The SMILES string of the molecule is Cc1ncoc1[C@]12C[C@H]1[C@@](CF)(c1cc(N)ccc1F)N=C(N(COCC[Si](C)(C)C)C(=O)OC(C)(C)C)S2. The van der Waals surface area contributed by atoms with Gasteiger partial charge in [0.15, 0.2) is 11.6 Å². The molecule has 2 N–H and O–H groups in total. The summed E-state index contributed by atoms with van der Waals surface area (Å²) < 4.78 is 47.3. The summed E-state index contributed by atoms with van der Waals surface area (Å²) in [5.74, 6) is -0.530. The number of nitrogens with two attached hydrogens (primary N) is 1. The number of oxazole rings is 1. The van der Waals surface area contributed by atoms with Crippen LogP contribution >= 0.6 is 11.8 Å². The highest BCUT2D eigenvalue weighted by Crippen LogP contribution is 2.72. The molecule has 1 aromatic carbocycles. The summed E-state index contributed by atoms with van der Waals surface area (Å²) >= 11 is 1.28. The van der Waals surface area contributed by atoms with Gasteiger partial charge >= 0.3 is 6.09 Å². The van der Waals surface area contributed by atoms with Crippen molar-refractivity contribution in [1.29, 1.82) is 0 Å². The Morgan fingerprint density at radius 1 is 1.33 bits per heavy atom. The lowest BCUT2D eigenvalue weighted by atomic mass is 9.84. The molecule has 2 aliphatic rings. The summed E-state index contributed by atoms with van der Waals surface area (Å²) in [6.45, 7) is 13.1. The maximum Gasteiger partial charge on any atom is 0.418 e. The highest BCUT2D eigenvalue weighted by atomic mass is 32.2. The Morgan fingerprint density at radius 2 is 2.05 bits per heavy atom. The van der Waals surface area contributed by atoms with E-state index in [1.807, 2.05) is 0 Å². The Hall–Kier alpha value is -2.44. The maximum absolute atomic E-state index is 15.3. The Bertz CT molecular complexity index is 1260. The Morgan fingerprint density at radius 3 is 2.64 bits per heavy atom. The number of aliphatic imine (C=N–C) groups is 1. The van der Waals surface area contributed by atoms with Crippen LogP contribution in [0.4, 0.5) is 19.3 Å². The van der Waals surface area contributed by atoms with Crippen molar-refractivity contribution in [3.05, 3.63) is 47.4 Å². The number of anilines is 1. The van der Waals surface area contributed by atoms with Crippen molar-refractivity contribution in [2.24, 2.45) is 10.9 Å². The summed E-state index contributed by atoms with van der Waals surface area (Å²) in [5, 5.41) is 0.168. The zero-order valence-electron chi connectivity index (χ0n) is 23.6. The van der Waals surface area contributed by atoms with Crippen LogP contribution in [0.15, 0.2) is 34.0 Å². The van der Waals surface area contributed by atoms with E-state index in [4.69, 9.17) is 24.6 Å². The molecule has 8 nitrogen and oxygen atoms in total. The van der Waals surface area contributed by atoms with E-state index in [1.54, 1.807) is 27.7 Å². The predicted molar refractivity (Wildman–Crippen MR) is 152 cm³/mol. The standard InChI is InChI=1S/C27H38F2N4O4SSi/c1-17-22(36-15-31-17)27-13-21(27)26(14-28,19-12-18(30)8-9-20(19)29)32-23(38-27)33(24(34)37-25(2,3)4)16-35-10-11-39(5,6)7/h8-9,12,15,21H,10-11,13-14,16,30H2,1-7H3/t21-,26+,27-/m0/s1. The fraction of sp³-hybridized carbons (Fsp3) is 0.593. The lowest BCUT2D eigenvalue weighted by molar-refractivity contribution is 0.0109. The smallest absolute Gasteiger partial charge is 0.418 e. The van der Waals surface area contributed by atoms with Gasteiger partial charge in [-0.15, -0.1) is 0 Å². The van der Waals surface area contributed by atoms with E-state index in [-0.39, 0.29) is 23.1 Å². The first-order chi connectivity index (χ1) is 18.1. The summed E-state index contributed by atoms with van der Waals surface area (Å²) in [6.07, 6.45) is 1.09. The number of carbonyl (C=O) groups is 1. The first-order valence-corrected chi connectivity index (χ1v) is 17.5. The molecule has 214 valence electrons. The first kappa shape index (κ1) is 29.5. The van der Waals surface area contributed by atoms with E-state index in [0.717, 1.165) is 6.04 Å². The minimum absolute atomic E-state index is 0.0376. The van der Waals surface area contributed by atoms with E-state index in [2.05, 4.69) is 24.6 Å². The molecule has 39 heavy (non-hydrogen) atoms. The van der Waals surface area contributed by atoms with E-state index < -0.39 is 48.5 Å². The fourth-order valence-corrected chi connectivity index (χ4v) is 7.23. The minimum Gasteiger partial charge on any atom is -0.447 e. The molecule has 4 rings (SSSR count). The number of aromatic nitrogens is 1. The molecule has 1 aliphatic carbocycles. The largest absolute Gasteiger partial charge is 0.447 e. The summed E-state index contributed by atoms with van der Waals surface area (Å²) in [4.78, 5) is 23.8. The molecule has 0 saturated heterocycles. The van der Waals surface area contributed by atoms with Crippen LogP contribution in [0.25, 0.3) is 0 Å². The number of ether oxygens (including phenoxy) is 2. The van der Waals surface area contributed by atoms with Gasteiger partial charge in [0.1, 0.15) is 36.1 Å². The number of fused-ring (bicyclic) bond motifs is 1. The van der Waals surface area contributed by atoms with Crippen LogP contribution in [0.3, 0.4) is 0 Å². The molecule has 3 atom stereocenters. The minimum atomic E-state index is -1.64. The quantitative estimate of drug-likeness (QED) is 0.166. The summed E-state index contributed by atoms with van der Waals surface area (Å²) in [5.41, 5.74) is 4.54. The van der Waals surface area contributed by atoms with Crippen LogP contribution in [0, 0.1) is 18.7 Å². The van der Waals surface area contributed by atoms with Gasteiger partial charge in [-0.05, 0) is 58.4 Å². The molecule has 2 aromatic rings. The highest BCUT2D eigenvalue weighted by molar-refractivity contribution is 8.14. The van der Waals surface area contributed by atoms with Crippen LogP contribution in [0.1, 0.15) is 44.2 Å². The van der Waals surface area contributed by atoms with Gasteiger partial charge in [-0.25, -0.2) is 28.5 Å². The Kier molecular flexibility index (Phi) is 7.96. The summed E-state index contributed by atoms with van der Waals surface area (Å²) in [6, 6.07) is 4.95. The molecular formula is C27H38F2N4O4SSi. The molecule has 12 heteroatoms. The van der Waals surface area contributed by atoms with Crippen LogP contribution < -0.4 is 5.73 Å². The molecule has 1 fully saturated rings. The van der Waals surface area contributed by atoms with Gasteiger partial charge < -0.3 is 19.6 Å². The normalized spacial score (nSPS) is 24.6. The number of thioether (sulfide) groups is 1. The number of carbonyl (C=O) groups excluding carboxylic acids is 1. The molecule has 0 radical (unpaired) electrons. The first-order valence-electron chi connectivity index (χ1n) is 13.0. The van der Waals surface area contributed by atoms with Crippen LogP contribution in [-0.2, 0) is 19.8 Å². The van der Waals surface area contributed by atoms with Crippen molar-refractivity contribution in [2.45, 2.75) is 75.7 Å². The van der Waals surface area contributed by atoms with Crippen molar-refractivity contribution in [1.82, 2.24) is 9.88 Å². The number of benzene rings is 1. The second-order valence-electron chi connectivity index (χ2n) is 12.5. The van der Waals surface area contributed by atoms with E-state index in [1.165, 1.54) is 41.3 Å². The lowest BCUT2D eigenvalue weighted by Crippen LogP contribution is -2.46. The topological polar surface area (TPSA) is 103 Å². The van der Waals surface area contributed by atoms with Gasteiger partial charge in [-0.3, -0.25) is 0 Å². The third kappa shape index (κ3) is 6.02. The van der Waals surface area contributed by atoms with Crippen molar-refractivity contribution in [3.8, 4) is 0 Å². The van der Waals surface area contributed by atoms with E-state index >= 15 is 8.78 Å². The average Bonchev–Trinajstić information content (AvgIpc) is 3.41. The molecule has 0 unspecified atom stereocenters. The maximum atomic E-state index is 15.3. The third-order valence-corrected chi connectivity index (χ3v) is 10.1. The Labute approximate surface area is 233 Å². The molecule has 1 aromatic heterocycles. The third-order valence-electron chi connectivity index (χ3n) is 6.91. The highest BCUT2D eigenvalue weighted by Gasteiger charge is 2.72. The number of rotatable bonds is 8. The van der Waals surface area contributed by atoms with Gasteiger partial charge in [0, 0.05) is 31.8 Å². The van der Waals surface area contributed by atoms with Gasteiger partial charge in [0.05, 0.1) is 10.4 Å². The van der Waals surface area contributed by atoms with Crippen molar-refractivity contribution in [2.75, 3.05) is 25.7 Å². The zero-order chi connectivity index (χ0) is 28.8. The number of hydrogen-bond donors (Lipinski definition) is 1. The monoisotopic (exact) mass is 580 g/mol. The second-order valence-corrected chi connectivity index (χ2v) is 19.4. The van der Waals surface area contributed by atoms with Crippen LogP contribution in [0.2, 0.25) is 25.7 Å². The van der Waals surface area contributed by atoms with Gasteiger partial charge in [0.2, 0.25) is 0 Å². The molecule has 1 aliphatic heterocycles. The molecule has 1 amide bonds. The van der Waals surface area contributed by atoms with Gasteiger partial charge in [0.25, 0.3) is 0 Å². The van der Waals surface area contributed by atoms with Crippen molar-refractivity contribution < 1.29 is 27.5 Å². The van der Waals surface area contributed by atoms with Crippen molar-refractivity contribution in [3.63, 3.8) is 0 Å². The predicted octanol–water partition coefficient (Wildman–Crippen LogP) is 6.44. The molecule has 0 bridgehead atoms. The van der Waals surface area contributed by atoms with E-state index in [9.17, 15) is 4.79 Å². The molecular weight excluding hydrogens is 542 g/mol. The van der Waals surface area contributed by atoms with Crippen LogP contribution in [0.5, 0.6) is 0 Å². The summed E-state index contributed by atoms with van der Waals surface area (Å²) in [7, 11) is -1.40. The number of nitrogen functional groups attached to an aromatic ring is 1. The lowest BCUT2D eigenvalue weighted by Gasteiger charge is -2.38. The Balaban J connectivity index is 1.82. The van der Waals surface area contributed by atoms with Crippen LogP contribution in [-0.4, -0.2) is 54.8 Å². The number of amides is 1. The van der Waals surface area contributed by atoms with Gasteiger partial charge in [-0.1, -0.05) is 31.4 Å². The number of hydrogen-bond acceptors (Lipinski definition) is 8. The number of alkyl halides is 1. The zero-order valence-corrected chi connectivity index (χ0v) is 25.5. The fourth-order valence-electron chi connectivity index (χ4n) is 4.82. The molecule has 0 spiro atoms. The molecule has 1 saturated carbocycles. The number of aryl methyl sites for hydroxylation is 1. The number of amidine groups is 1. The van der Waals surface area contributed by atoms with E-state index in [0.29, 0.717) is 24.5 Å². The van der Waals surface area contributed by atoms with Crippen molar-refractivity contribution >= 4 is 36.8 Å².